The number of hydroxylamine groups is 2. The highest BCUT2D eigenvalue weighted by molar-refractivity contribution is 5.96. The first-order valence-corrected chi connectivity index (χ1v) is 21.5. The highest BCUT2D eigenvalue weighted by Crippen LogP contribution is 2.56. The van der Waals surface area contributed by atoms with Gasteiger partial charge in [-0.1, -0.05) is 66.7 Å². The predicted molar refractivity (Wildman–Crippen MR) is 222 cm³/mol. The number of hydrogen-bond acceptors (Lipinski definition) is 17. The second-order valence-electron chi connectivity index (χ2n) is 17.9. The molecule has 7 rings (SSSR count). The summed E-state index contributed by atoms with van der Waals surface area (Å²) in [5.41, 5.74) is -0.0218. The Bertz CT molecular complexity index is 1980. The van der Waals surface area contributed by atoms with Crippen LogP contribution in [0.5, 0.6) is 0 Å². The third-order valence-electron chi connectivity index (χ3n) is 12.3. The molecule has 0 spiro atoms. The molecule has 0 unspecified atom stereocenters. The number of esters is 2. The number of nitrogens with one attached hydrogen (secondary N) is 1. The van der Waals surface area contributed by atoms with Crippen molar-refractivity contribution < 1.29 is 78.0 Å². The van der Waals surface area contributed by atoms with Crippen molar-refractivity contribution in [2.75, 3.05) is 33.7 Å². The molecule has 1 saturated carbocycles. The van der Waals surface area contributed by atoms with Crippen LogP contribution in [-0.2, 0) is 65.4 Å². The van der Waals surface area contributed by atoms with Crippen molar-refractivity contribution in [3.63, 3.8) is 0 Å². The van der Waals surface area contributed by atoms with Gasteiger partial charge in [-0.3, -0.25) is 24.0 Å². The van der Waals surface area contributed by atoms with E-state index in [0.29, 0.717) is 0 Å². The number of aliphatic hydroxyl groups excluding tert-OH is 5. The summed E-state index contributed by atoms with van der Waals surface area (Å²) in [6.45, 7) is 4.14. The van der Waals surface area contributed by atoms with E-state index in [4.69, 9.17) is 33.3 Å². The van der Waals surface area contributed by atoms with Gasteiger partial charge in [0.25, 0.3) is 0 Å². The number of nitrogens with zero attached hydrogens (tertiary/aromatic N) is 2. The predicted octanol–water partition coefficient (Wildman–Crippen LogP) is -0.274. The van der Waals surface area contributed by atoms with Crippen molar-refractivity contribution in [3.8, 4) is 0 Å². The Balaban J connectivity index is 1.08. The van der Waals surface area contributed by atoms with Gasteiger partial charge in [-0.05, 0) is 43.9 Å². The van der Waals surface area contributed by atoms with Crippen LogP contribution in [0.15, 0.2) is 60.7 Å². The van der Waals surface area contributed by atoms with Gasteiger partial charge in [0.1, 0.15) is 72.7 Å². The maximum absolute atomic E-state index is 15.4. The molecule has 2 amide bonds. The van der Waals surface area contributed by atoms with Gasteiger partial charge in [0.2, 0.25) is 11.8 Å². The molecule has 5 fully saturated rings. The van der Waals surface area contributed by atoms with E-state index in [1.54, 1.807) is 32.9 Å². The molecule has 1 aliphatic carbocycles. The summed E-state index contributed by atoms with van der Waals surface area (Å²) in [5, 5.41) is 54.3. The number of fused-ring (bicyclic) bond motifs is 4. The van der Waals surface area contributed by atoms with Crippen molar-refractivity contribution in [2.45, 2.75) is 132 Å². The second kappa shape index (κ2) is 20.0. The van der Waals surface area contributed by atoms with Crippen LogP contribution < -0.4 is 5.32 Å². The molecule has 0 radical (unpaired) electrons. The van der Waals surface area contributed by atoms with E-state index in [2.05, 4.69) is 5.32 Å². The zero-order valence-corrected chi connectivity index (χ0v) is 36.3. The molecule has 6 N–H and O–H groups in total. The summed E-state index contributed by atoms with van der Waals surface area (Å²) in [4.78, 5) is 64.2. The van der Waals surface area contributed by atoms with Crippen LogP contribution in [-0.4, -0.2) is 172 Å². The zero-order chi connectivity index (χ0) is 45.9. The molecule has 64 heavy (non-hydrogen) atoms. The van der Waals surface area contributed by atoms with Crippen molar-refractivity contribution in [2.24, 2.45) is 5.41 Å². The Hall–Kier alpha value is -4.38. The largest absolute Gasteiger partial charge is 0.460 e. The molecule has 19 nitrogen and oxygen atoms in total. The quantitative estimate of drug-likeness (QED) is 0.112. The third-order valence-corrected chi connectivity index (χ3v) is 12.3. The van der Waals surface area contributed by atoms with Crippen LogP contribution in [0.2, 0.25) is 0 Å². The molecule has 13 atom stereocenters. The first-order chi connectivity index (χ1) is 30.5. The molecule has 0 aromatic heterocycles. The van der Waals surface area contributed by atoms with Crippen LogP contribution in [0, 0.1) is 5.41 Å². The fourth-order valence-electron chi connectivity index (χ4n) is 9.17. The number of ether oxygens (including phenoxy) is 6. The van der Waals surface area contributed by atoms with Crippen LogP contribution in [0.3, 0.4) is 0 Å². The minimum Gasteiger partial charge on any atom is -0.460 e. The smallest absolute Gasteiger partial charge is 0.327 e. The summed E-state index contributed by atoms with van der Waals surface area (Å²) >= 11 is 0. The number of carbonyl (C=O) groups excluding carboxylic acids is 4. The average molecular weight is 898 g/mol. The van der Waals surface area contributed by atoms with Crippen LogP contribution >= 0.6 is 0 Å². The molecule has 19 heteroatoms. The summed E-state index contributed by atoms with van der Waals surface area (Å²) < 4.78 is 34.2. The topological polar surface area (TPSA) is 253 Å². The number of carbonyl (C=O) groups is 4. The molecule has 2 bridgehead atoms. The lowest BCUT2D eigenvalue weighted by molar-refractivity contribution is -0.298. The van der Waals surface area contributed by atoms with E-state index in [9.17, 15) is 39.9 Å². The maximum atomic E-state index is 15.4. The number of rotatable bonds is 17. The molecule has 350 valence electrons. The van der Waals surface area contributed by atoms with Gasteiger partial charge in [-0.15, -0.1) is 0 Å². The van der Waals surface area contributed by atoms with Gasteiger partial charge in [0.15, 0.2) is 12.3 Å². The number of aliphatic hydroxyl groups is 5. The molecular formula is C45H59N3O16. The Kier molecular flexibility index (Phi) is 14.9. The van der Waals surface area contributed by atoms with Gasteiger partial charge < -0.3 is 64.2 Å². The summed E-state index contributed by atoms with van der Waals surface area (Å²) in [7, 11) is 1.51. The molecule has 4 saturated heterocycles. The van der Waals surface area contributed by atoms with Crippen molar-refractivity contribution in [3.05, 3.63) is 77.4 Å². The summed E-state index contributed by atoms with van der Waals surface area (Å²) in [6.07, 6.45) is -6.63. The second-order valence-corrected chi connectivity index (χ2v) is 17.9. The van der Waals surface area contributed by atoms with Crippen LogP contribution in [0.1, 0.15) is 56.7 Å². The first kappa shape index (κ1) is 47.6. The molecular weight excluding hydrogens is 838 g/mol. The SMILES string of the molecule is CN(C(=O)[C@@]12C[C@H]3OC(=O)[C@@H]1N(Cc1ccc(C=CCO[C@H]4O[C@H](CO)[C@H](O)[C@H](O)[C@H]4O)cc1)O[C@@H]2[C@H]1OCO[C@H]13)[C@H](Cc1ccccc1)C(=O)N[C@H](CO)CCC(=O)OC(C)(C)C. The lowest BCUT2D eigenvalue weighted by Gasteiger charge is -2.50. The molecule has 5 aliphatic rings. The minimum atomic E-state index is -1.56. The fourth-order valence-corrected chi connectivity index (χ4v) is 9.17. The van der Waals surface area contributed by atoms with E-state index in [1.165, 1.54) is 17.0 Å². The fraction of sp³-hybridized carbons (Fsp3) is 0.600. The van der Waals surface area contributed by atoms with Gasteiger partial charge in [-0.2, -0.15) is 5.06 Å². The highest BCUT2D eigenvalue weighted by atomic mass is 16.8. The zero-order valence-electron chi connectivity index (χ0n) is 36.3. The van der Waals surface area contributed by atoms with E-state index in [1.807, 2.05) is 54.6 Å². The number of amides is 2. The third kappa shape index (κ3) is 10.0. The van der Waals surface area contributed by atoms with Crippen LogP contribution in [0.4, 0.5) is 0 Å². The normalized spacial score (nSPS) is 32.1. The maximum Gasteiger partial charge on any atom is 0.327 e. The lowest BCUT2D eigenvalue weighted by atomic mass is 9.62. The Morgan fingerprint density at radius 2 is 1.70 bits per heavy atom. The molecule has 2 aromatic rings. The van der Waals surface area contributed by atoms with E-state index in [0.717, 1.165) is 16.7 Å². The van der Waals surface area contributed by atoms with E-state index in [-0.39, 0.29) is 45.6 Å². The lowest BCUT2D eigenvalue weighted by Crippen LogP contribution is -2.70. The van der Waals surface area contributed by atoms with Crippen molar-refractivity contribution >= 4 is 29.8 Å². The number of hydrogen-bond donors (Lipinski definition) is 6. The van der Waals surface area contributed by atoms with E-state index >= 15 is 4.79 Å². The standard InChI is InChI=1S/C45H59N3O16/c1-44(2,3)63-32(51)17-16-28(22-49)46-40(55)29(19-26-9-6-5-7-10-26)47(4)43(57)45-20-30-36-37(60-24-59-36)39(45)64-48(38(45)41(56)61-30)21-27-14-12-25(13-15-27)11-8-18-58-42-35(54)34(53)33(52)31(23-50)62-42/h5-15,28-31,33-39,42,49-50,52-54H,16-24H2,1-4H3,(H,46,55)/t28-,29+,30+,31+,33-,34-,35+,36-,37-,38-,39+,42-,45-/m0/s1. The van der Waals surface area contributed by atoms with Gasteiger partial charge in [0.05, 0.1) is 32.4 Å². The van der Waals surface area contributed by atoms with Crippen LogP contribution in [0.25, 0.3) is 6.08 Å². The Morgan fingerprint density at radius 1 is 0.984 bits per heavy atom. The Labute approximate surface area is 370 Å². The Morgan fingerprint density at radius 3 is 2.39 bits per heavy atom. The molecule has 2 aromatic carbocycles. The first-order valence-electron chi connectivity index (χ1n) is 21.5. The number of likely N-dealkylation sites (N-methyl/N-ethyl adjacent to an activating group) is 1. The monoisotopic (exact) mass is 897 g/mol. The summed E-state index contributed by atoms with van der Waals surface area (Å²) in [5.74, 6) is -2.26. The molecule has 4 heterocycles. The molecule has 4 aliphatic heterocycles. The van der Waals surface area contributed by atoms with Gasteiger partial charge in [-0.25, -0.2) is 0 Å². The van der Waals surface area contributed by atoms with Crippen molar-refractivity contribution in [1.29, 1.82) is 0 Å². The highest BCUT2D eigenvalue weighted by Gasteiger charge is 2.75. The minimum absolute atomic E-state index is 0.0271. The van der Waals surface area contributed by atoms with Crippen molar-refractivity contribution in [1.82, 2.24) is 15.3 Å². The van der Waals surface area contributed by atoms with E-state index < -0.39 is 121 Å². The average Bonchev–Trinajstić information content (AvgIpc) is 3.90. The number of benzene rings is 2. The van der Waals surface area contributed by atoms with Gasteiger partial charge >= 0.3 is 11.9 Å². The van der Waals surface area contributed by atoms with Gasteiger partial charge in [0, 0.05) is 26.3 Å². The summed E-state index contributed by atoms with van der Waals surface area (Å²) in [6, 6.07) is 13.2.